The summed E-state index contributed by atoms with van der Waals surface area (Å²) in [5.74, 6) is 0. The van der Waals surface area contributed by atoms with Gasteiger partial charge in [-0.2, -0.15) is 4.79 Å². The fourth-order valence-electron chi connectivity index (χ4n) is 1.55. The van der Waals surface area contributed by atoms with Crippen molar-refractivity contribution in [2.24, 2.45) is 5.73 Å². The lowest BCUT2D eigenvalue weighted by atomic mass is 10.3. The number of nitrogens with two attached hydrogens (primary N) is 1. The largest absolute Gasteiger partial charge is 0.513 e. The zero-order chi connectivity index (χ0) is 9.90. The molecule has 1 saturated heterocycles. The van der Waals surface area contributed by atoms with Crippen molar-refractivity contribution in [1.82, 2.24) is 4.90 Å². The molecule has 13 heavy (non-hydrogen) atoms. The molecule has 0 atom stereocenters. The molecule has 5 heteroatoms. The molecular formula is C8H18N3O2+. The van der Waals surface area contributed by atoms with E-state index in [1.807, 2.05) is 0 Å². The van der Waals surface area contributed by atoms with E-state index in [1.165, 1.54) is 0 Å². The van der Waals surface area contributed by atoms with Crippen LogP contribution < -0.4 is 5.73 Å². The van der Waals surface area contributed by atoms with Gasteiger partial charge in [-0.1, -0.05) is 0 Å². The standard InChI is InChI=1S/C8H17N3O2/c1-11(8(12)13)6-4-10(3-2-9)5-7-11/h2-7,9H2,1H3/p+1. The van der Waals surface area contributed by atoms with Crippen molar-refractivity contribution in [3.05, 3.63) is 0 Å². The van der Waals surface area contributed by atoms with Gasteiger partial charge in [-0.25, -0.2) is 4.48 Å². The fraction of sp³-hybridized carbons (Fsp3) is 0.875. The molecule has 3 N–H and O–H groups in total. The van der Waals surface area contributed by atoms with E-state index in [4.69, 9.17) is 10.8 Å². The number of hydrogen-bond donors (Lipinski definition) is 2. The molecule has 1 fully saturated rings. The van der Waals surface area contributed by atoms with Gasteiger partial charge < -0.3 is 10.8 Å². The maximum atomic E-state index is 10.9. The topological polar surface area (TPSA) is 66.6 Å². The van der Waals surface area contributed by atoms with Crippen LogP contribution in [0.25, 0.3) is 0 Å². The van der Waals surface area contributed by atoms with Crippen LogP contribution in [0.3, 0.4) is 0 Å². The lowest BCUT2D eigenvalue weighted by Gasteiger charge is -2.37. The molecule has 0 unspecified atom stereocenters. The molecular weight excluding hydrogens is 170 g/mol. The van der Waals surface area contributed by atoms with Crippen LogP contribution in [-0.4, -0.2) is 66.9 Å². The maximum Gasteiger partial charge on any atom is 0.513 e. The average Bonchev–Trinajstić information content (AvgIpc) is 2.09. The van der Waals surface area contributed by atoms with E-state index >= 15 is 0 Å². The van der Waals surface area contributed by atoms with Gasteiger partial charge in [0.2, 0.25) is 0 Å². The van der Waals surface area contributed by atoms with Gasteiger partial charge in [0, 0.05) is 26.2 Å². The molecule has 0 aromatic heterocycles. The second-order valence-electron chi connectivity index (χ2n) is 3.76. The molecule has 76 valence electrons. The highest BCUT2D eigenvalue weighted by molar-refractivity contribution is 5.56. The highest BCUT2D eigenvalue weighted by atomic mass is 16.4. The third kappa shape index (κ3) is 2.40. The lowest BCUT2D eigenvalue weighted by molar-refractivity contribution is -0.842. The van der Waals surface area contributed by atoms with Crippen molar-refractivity contribution in [3.63, 3.8) is 0 Å². The Kier molecular flexibility index (Phi) is 3.24. The van der Waals surface area contributed by atoms with E-state index < -0.39 is 6.09 Å². The minimum absolute atomic E-state index is 0.140. The number of quaternary nitrogens is 1. The monoisotopic (exact) mass is 188 g/mol. The predicted octanol–water partition coefficient (Wildman–Crippen LogP) is -0.615. The lowest BCUT2D eigenvalue weighted by Crippen LogP contribution is -2.60. The SMILES string of the molecule is C[N+]1(C(=O)O)CCN(CCN)CC1. The molecule has 0 spiro atoms. The molecule has 0 saturated carbocycles. The van der Waals surface area contributed by atoms with Crippen LogP contribution in [0.1, 0.15) is 0 Å². The van der Waals surface area contributed by atoms with Gasteiger partial charge in [0.1, 0.15) is 13.1 Å². The summed E-state index contributed by atoms with van der Waals surface area (Å²) < 4.78 is 0.140. The summed E-state index contributed by atoms with van der Waals surface area (Å²) in [5, 5.41) is 8.94. The molecule has 0 radical (unpaired) electrons. The van der Waals surface area contributed by atoms with E-state index in [0.29, 0.717) is 19.6 Å². The maximum absolute atomic E-state index is 10.9. The van der Waals surface area contributed by atoms with Gasteiger partial charge in [-0.05, 0) is 0 Å². The van der Waals surface area contributed by atoms with E-state index in [2.05, 4.69) is 4.90 Å². The normalized spacial score (nSPS) is 22.9. The van der Waals surface area contributed by atoms with Crippen molar-refractivity contribution in [1.29, 1.82) is 0 Å². The van der Waals surface area contributed by atoms with Crippen LogP contribution in [0.5, 0.6) is 0 Å². The van der Waals surface area contributed by atoms with Crippen LogP contribution in [-0.2, 0) is 0 Å². The van der Waals surface area contributed by atoms with Gasteiger partial charge in [-0.3, -0.25) is 4.90 Å². The van der Waals surface area contributed by atoms with E-state index in [9.17, 15) is 4.79 Å². The summed E-state index contributed by atoms with van der Waals surface area (Å²) in [6.07, 6.45) is -0.729. The first kappa shape index (κ1) is 10.4. The van der Waals surface area contributed by atoms with Gasteiger partial charge in [0.05, 0.1) is 7.05 Å². The number of piperazine rings is 1. The van der Waals surface area contributed by atoms with Crippen molar-refractivity contribution in [3.8, 4) is 0 Å². The smallest absolute Gasteiger partial charge is 0.435 e. The zero-order valence-corrected chi connectivity index (χ0v) is 8.07. The Balaban J connectivity index is 2.42. The highest BCUT2D eigenvalue weighted by Gasteiger charge is 2.35. The number of rotatable bonds is 2. The van der Waals surface area contributed by atoms with E-state index in [0.717, 1.165) is 19.6 Å². The molecule has 1 aliphatic heterocycles. The van der Waals surface area contributed by atoms with Crippen LogP contribution in [0.2, 0.25) is 0 Å². The highest BCUT2D eigenvalue weighted by Crippen LogP contribution is 2.09. The molecule has 0 aromatic carbocycles. The van der Waals surface area contributed by atoms with Gasteiger partial charge >= 0.3 is 6.09 Å². The minimum atomic E-state index is -0.729. The first-order valence-corrected chi connectivity index (χ1v) is 4.59. The molecule has 1 rings (SSSR count). The summed E-state index contributed by atoms with van der Waals surface area (Å²) >= 11 is 0. The molecule has 1 heterocycles. The predicted molar refractivity (Wildman–Crippen MR) is 49.4 cm³/mol. The summed E-state index contributed by atoms with van der Waals surface area (Å²) in [6, 6.07) is 0. The zero-order valence-electron chi connectivity index (χ0n) is 8.07. The fourth-order valence-corrected chi connectivity index (χ4v) is 1.55. The van der Waals surface area contributed by atoms with Crippen LogP contribution in [0.4, 0.5) is 4.79 Å². The first-order chi connectivity index (χ1) is 6.08. The number of nitrogens with zero attached hydrogens (tertiary/aromatic N) is 2. The quantitative estimate of drug-likeness (QED) is 0.567. The third-order valence-corrected chi connectivity index (χ3v) is 2.73. The minimum Gasteiger partial charge on any atom is -0.435 e. The summed E-state index contributed by atoms with van der Waals surface area (Å²) in [5.41, 5.74) is 5.42. The first-order valence-electron chi connectivity index (χ1n) is 4.59. The number of carboxylic acid groups (broad SMARTS) is 1. The number of hydrogen-bond acceptors (Lipinski definition) is 3. The summed E-state index contributed by atoms with van der Waals surface area (Å²) in [7, 11) is 1.77. The van der Waals surface area contributed by atoms with Gasteiger partial charge in [0.15, 0.2) is 0 Å². The second kappa shape index (κ2) is 4.04. The Morgan fingerprint density at radius 1 is 1.54 bits per heavy atom. The molecule has 1 aliphatic rings. The van der Waals surface area contributed by atoms with Crippen molar-refractivity contribution in [2.45, 2.75) is 0 Å². The van der Waals surface area contributed by atoms with Crippen LogP contribution >= 0.6 is 0 Å². The molecule has 0 aromatic rings. The summed E-state index contributed by atoms with van der Waals surface area (Å²) in [4.78, 5) is 13.1. The average molecular weight is 188 g/mol. The Morgan fingerprint density at radius 2 is 2.08 bits per heavy atom. The number of likely N-dealkylation sites (N-methyl/N-ethyl adjacent to an activating group) is 1. The molecule has 0 aliphatic carbocycles. The molecule has 1 amide bonds. The van der Waals surface area contributed by atoms with Crippen molar-refractivity contribution < 1.29 is 14.4 Å². The molecule has 5 nitrogen and oxygen atoms in total. The Hall–Kier alpha value is -0.650. The third-order valence-electron chi connectivity index (χ3n) is 2.73. The van der Waals surface area contributed by atoms with Crippen LogP contribution in [0, 0.1) is 0 Å². The van der Waals surface area contributed by atoms with Crippen molar-refractivity contribution >= 4 is 6.09 Å². The second-order valence-corrected chi connectivity index (χ2v) is 3.76. The molecule has 0 bridgehead atoms. The summed E-state index contributed by atoms with van der Waals surface area (Å²) in [6.45, 7) is 4.54. The van der Waals surface area contributed by atoms with Gasteiger partial charge in [0.25, 0.3) is 0 Å². The van der Waals surface area contributed by atoms with Crippen LogP contribution in [0.15, 0.2) is 0 Å². The Labute approximate surface area is 78.3 Å². The Bertz CT molecular complexity index is 188. The van der Waals surface area contributed by atoms with E-state index in [1.54, 1.807) is 7.05 Å². The Morgan fingerprint density at radius 3 is 2.46 bits per heavy atom. The van der Waals surface area contributed by atoms with E-state index in [-0.39, 0.29) is 4.48 Å². The van der Waals surface area contributed by atoms with Gasteiger partial charge in [-0.15, -0.1) is 0 Å². The number of carbonyl (C=O) groups is 1. The van der Waals surface area contributed by atoms with Crippen molar-refractivity contribution in [2.75, 3.05) is 46.3 Å². The number of amides is 1.